The molecule has 3 aromatic heterocycles. The van der Waals surface area contributed by atoms with Crippen LogP contribution < -0.4 is 10.5 Å². The minimum atomic E-state index is -0.643. The Labute approximate surface area is 216 Å². The number of imidazole rings is 1. The van der Waals surface area contributed by atoms with Crippen LogP contribution in [0.1, 0.15) is 53.3 Å². The molecule has 0 amide bonds. The van der Waals surface area contributed by atoms with Gasteiger partial charge in [-0.3, -0.25) is 9.51 Å². The Hall–Kier alpha value is -4.17. The molecule has 9 heteroatoms. The largest absolute Gasteiger partial charge is 0.488 e. The number of pyridine rings is 1. The van der Waals surface area contributed by atoms with E-state index in [9.17, 15) is 9.18 Å². The van der Waals surface area contributed by atoms with Crippen molar-refractivity contribution in [2.45, 2.75) is 33.3 Å². The van der Waals surface area contributed by atoms with Crippen LogP contribution >= 0.6 is 11.6 Å². The van der Waals surface area contributed by atoms with E-state index in [1.807, 2.05) is 31.3 Å². The van der Waals surface area contributed by atoms with E-state index in [4.69, 9.17) is 25.8 Å². The number of fused-ring (bicyclic) bond motifs is 3. The molecule has 4 heterocycles. The maximum absolute atomic E-state index is 14.1. The monoisotopic (exact) mass is 516 g/mol. The Kier molecular flexibility index (Phi) is 5.68. The van der Waals surface area contributed by atoms with Crippen molar-refractivity contribution in [3.63, 3.8) is 0 Å². The number of ether oxygens (including phenoxy) is 1. The van der Waals surface area contributed by atoms with Crippen molar-refractivity contribution in [2.75, 3.05) is 0 Å². The molecule has 1 aliphatic heterocycles. The molecule has 0 bridgehead atoms. The lowest BCUT2D eigenvalue weighted by Crippen LogP contribution is -2.02. The first-order valence-corrected chi connectivity index (χ1v) is 12.3. The van der Waals surface area contributed by atoms with Crippen molar-refractivity contribution in [1.82, 2.24) is 19.5 Å². The van der Waals surface area contributed by atoms with Crippen LogP contribution in [0.25, 0.3) is 16.8 Å². The maximum Gasteiger partial charge on any atom is 0.439 e. The Morgan fingerprint density at radius 3 is 2.78 bits per heavy atom. The summed E-state index contributed by atoms with van der Waals surface area (Å²) in [5, 5.41) is 4.52. The number of nitrogens with one attached hydrogen (secondary N) is 1. The van der Waals surface area contributed by atoms with Crippen molar-refractivity contribution >= 4 is 28.4 Å². The third-order valence-corrected chi connectivity index (χ3v) is 6.92. The summed E-state index contributed by atoms with van der Waals surface area (Å²) in [5.41, 5.74) is 8.04. The third-order valence-electron chi connectivity index (χ3n) is 6.68. The summed E-state index contributed by atoms with van der Waals surface area (Å²) in [5.74, 6) is -0.304. The minimum absolute atomic E-state index is 0.259. The summed E-state index contributed by atoms with van der Waals surface area (Å²) in [7, 11) is 0. The molecule has 0 saturated carbocycles. The average Bonchev–Trinajstić information content (AvgIpc) is 3.42. The van der Waals surface area contributed by atoms with E-state index in [0.29, 0.717) is 34.2 Å². The number of aryl methyl sites for hydroxylation is 1. The van der Waals surface area contributed by atoms with E-state index in [0.717, 1.165) is 45.7 Å². The standard InChI is InChI=1S/C28H22ClFN4O3/c1-3-22-23(34-9-8-18(29)12-25(34)31-22)11-16-4-6-20-17(10-16)14-36-24-13-19(30)5-7-21(24)26(20)15(2)27-32-28(35)37-33-27/h4-10,12-13H,3,11,14H2,1-2H3,(H,32,33,35)/b26-15-. The Balaban J connectivity index is 1.48. The second kappa shape index (κ2) is 9.05. The van der Waals surface area contributed by atoms with Crippen molar-refractivity contribution in [3.05, 3.63) is 116 Å². The summed E-state index contributed by atoms with van der Waals surface area (Å²) in [4.78, 5) is 19.0. The number of aromatic amines is 1. The zero-order valence-corrected chi connectivity index (χ0v) is 20.9. The highest BCUT2D eigenvalue weighted by Crippen LogP contribution is 2.41. The number of hydrogen-bond acceptors (Lipinski definition) is 5. The molecule has 7 nitrogen and oxygen atoms in total. The van der Waals surface area contributed by atoms with Gasteiger partial charge in [0.15, 0.2) is 5.82 Å². The summed E-state index contributed by atoms with van der Waals surface area (Å²) in [6, 6.07) is 14.4. The average molecular weight is 517 g/mol. The van der Waals surface area contributed by atoms with Gasteiger partial charge in [-0.2, -0.15) is 0 Å². The number of halogens is 2. The normalized spacial score (nSPS) is 14.2. The molecule has 186 valence electrons. The summed E-state index contributed by atoms with van der Waals surface area (Å²) < 4.78 is 27.0. The lowest BCUT2D eigenvalue weighted by atomic mass is 9.89. The van der Waals surface area contributed by atoms with E-state index in [-0.39, 0.29) is 6.61 Å². The van der Waals surface area contributed by atoms with Crippen molar-refractivity contribution in [2.24, 2.45) is 0 Å². The predicted molar refractivity (Wildman–Crippen MR) is 138 cm³/mol. The molecule has 0 atom stereocenters. The van der Waals surface area contributed by atoms with Crippen molar-refractivity contribution in [1.29, 1.82) is 0 Å². The quantitative estimate of drug-likeness (QED) is 0.325. The highest BCUT2D eigenvalue weighted by molar-refractivity contribution is 6.30. The lowest BCUT2D eigenvalue weighted by Gasteiger charge is -2.14. The van der Waals surface area contributed by atoms with Crippen LogP contribution in [0.4, 0.5) is 4.39 Å². The number of benzene rings is 2. The van der Waals surface area contributed by atoms with Crippen molar-refractivity contribution < 1.29 is 13.7 Å². The molecule has 1 aliphatic rings. The number of aromatic nitrogens is 4. The first-order chi connectivity index (χ1) is 17.9. The van der Waals surface area contributed by atoms with Crippen molar-refractivity contribution in [3.8, 4) is 5.75 Å². The highest BCUT2D eigenvalue weighted by atomic mass is 35.5. The van der Waals surface area contributed by atoms with Gasteiger partial charge in [-0.15, -0.1) is 0 Å². The topological polar surface area (TPSA) is 85.4 Å². The van der Waals surface area contributed by atoms with Gasteiger partial charge in [-0.05, 0) is 53.8 Å². The number of nitrogens with zero attached hydrogens (tertiary/aromatic N) is 3. The van der Waals surface area contributed by atoms with Gasteiger partial charge in [0.25, 0.3) is 0 Å². The van der Waals surface area contributed by atoms with Gasteiger partial charge >= 0.3 is 5.76 Å². The first kappa shape index (κ1) is 23.2. The number of hydrogen-bond donors (Lipinski definition) is 1. The number of allylic oxidation sites excluding steroid dienone is 1. The smallest absolute Gasteiger partial charge is 0.439 e. The summed E-state index contributed by atoms with van der Waals surface area (Å²) in [6.45, 7) is 4.19. The molecule has 0 radical (unpaired) electrons. The predicted octanol–water partition coefficient (Wildman–Crippen LogP) is 5.83. The molecule has 0 aliphatic carbocycles. The number of H-pyrrole nitrogens is 1. The zero-order valence-electron chi connectivity index (χ0n) is 20.1. The van der Waals surface area contributed by atoms with E-state index < -0.39 is 11.6 Å². The molecule has 6 rings (SSSR count). The molecular formula is C28H22ClFN4O3. The molecule has 5 aromatic rings. The first-order valence-electron chi connectivity index (χ1n) is 11.9. The van der Waals surface area contributed by atoms with Gasteiger partial charge in [0.2, 0.25) is 0 Å². The molecule has 37 heavy (non-hydrogen) atoms. The van der Waals surface area contributed by atoms with Gasteiger partial charge in [-0.1, -0.05) is 41.9 Å². The summed E-state index contributed by atoms with van der Waals surface area (Å²) >= 11 is 6.19. The molecular weight excluding hydrogens is 495 g/mol. The summed E-state index contributed by atoms with van der Waals surface area (Å²) in [6.07, 6.45) is 3.40. The fourth-order valence-corrected chi connectivity index (χ4v) is 5.09. The highest BCUT2D eigenvalue weighted by Gasteiger charge is 2.24. The van der Waals surface area contributed by atoms with Crippen LogP contribution in [-0.2, 0) is 19.4 Å². The lowest BCUT2D eigenvalue weighted by molar-refractivity contribution is 0.305. The minimum Gasteiger partial charge on any atom is -0.488 e. The Bertz CT molecular complexity index is 1770. The van der Waals surface area contributed by atoms with Crippen LogP contribution in [0.3, 0.4) is 0 Å². The fourth-order valence-electron chi connectivity index (χ4n) is 4.94. The fraction of sp³-hybridized carbons (Fsp3) is 0.179. The van der Waals surface area contributed by atoms with Gasteiger partial charge < -0.3 is 9.14 Å². The zero-order chi connectivity index (χ0) is 25.7. The van der Waals surface area contributed by atoms with Gasteiger partial charge in [-0.25, -0.2) is 14.2 Å². The molecule has 1 N–H and O–H groups in total. The molecule has 0 unspecified atom stereocenters. The van der Waals surface area contributed by atoms with Crippen LogP contribution in [0.2, 0.25) is 5.02 Å². The van der Waals surface area contributed by atoms with Crippen LogP contribution in [-0.4, -0.2) is 19.5 Å². The molecule has 0 saturated heterocycles. The van der Waals surface area contributed by atoms with Crippen LogP contribution in [0.15, 0.2) is 64.0 Å². The third kappa shape index (κ3) is 4.13. The van der Waals surface area contributed by atoms with Gasteiger partial charge in [0, 0.05) is 46.6 Å². The Morgan fingerprint density at radius 1 is 1.16 bits per heavy atom. The van der Waals surface area contributed by atoms with Gasteiger partial charge in [0.05, 0.1) is 5.69 Å². The van der Waals surface area contributed by atoms with Crippen LogP contribution in [0, 0.1) is 5.82 Å². The van der Waals surface area contributed by atoms with Gasteiger partial charge in [0.1, 0.15) is 23.8 Å². The second-order valence-electron chi connectivity index (χ2n) is 8.97. The SMILES string of the molecule is CCc1nc2cc(Cl)ccn2c1Cc1ccc2c(c1)COc1cc(F)ccc1/C2=C(/C)c1noc(=O)[nH]1. The molecule has 2 aromatic carbocycles. The molecule has 0 fully saturated rings. The van der Waals surface area contributed by atoms with Crippen LogP contribution in [0.5, 0.6) is 5.75 Å². The maximum atomic E-state index is 14.1. The van der Waals surface area contributed by atoms with E-state index in [1.54, 1.807) is 6.07 Å². The number of rotatable bonds is 4. The van der Waals surface area contributed by atoms with E-state index >= 15 is 0 Å². The van der Waals surface area contributed by atoms with E-state index in [2.05, 4.69) is 33.6 Å². The second-order valence-corrected chi connectivity index (χ2v) is 9.41. The molecule has 0 spiro atoms. The van der Waals surface area contributed by atoms with E-state index in [1.165, 1.54) is 12.1 Å². The Morgan fingerprint density at radius 2 is 2.00 bits per heavy atom.